The molecule has 1 aromatic heterocycles. The van der Waals surface area contributed by atoms with Crippen LogP contribution >= 0.6 is 0 Å². The van der Waals surface area contributed by atoms with E-state index in [0.717, 1.165) is 16.9 Å². The third-order valence-electron chi connectivity index (χ3n) is 5.31. The average molecular weight is 418 g/mol. The van der Waals surface area contributed by atoms with Crippen LogP contribution in [0.3, 0.4) is 0 Å². The summed E-state index contributed by atoms with van der Waals surface area (Å²) in [6.45, 7) is 9.11. The van der Waals surface area contributed by atoms with Crippen molar-refractivity contribution < 1.29 is 19.1 Å². The van der Waals surface area contributed by atoms with Crippen LogP contribution < -0.4 is 4.74 Å². The number of rotatable bonds is 3. The van der Waals surface area contributed by atoms with Crippen LogP contribution in [0.2, 0.25) is 0 Å². The van der Waals surface area contributed by atoms with Gasteiger partial charge in [-0.15, -0.1) is 0 Å². The number of nitrogens with zero attached hydrogens (tertiary/aromatic N) is 2. The molecule has 1 aliphatic heterocycles. The van der Waals surface area contributed by atoms with E-state index in [1.165, 1.54) is 0 Å². The first-order valence-corrected chi connectivity index (χ1v) is 10.3. The molecule has 2 atom stereocenters. The highest BCUT2D eigenvalue weighted by atomic mass is 16.6. The van der Waals surface area contributed by atoms with E-state index in [1.54, 1.807) is 26.8 Å². The molecular formula is C25H26N2O4. The molecule has 0 amide bonds. The van der Waals surface area contributed by atoms with Crippen molar-refractivity contribution in [2.24, 2.45) is 5.41 Å². The molecule has 2 heterocycles. The van der Waals surface area contributed by atoms with Gasteiger partial charge in [-0.3, -0.25) is 9.59 Å². The van der Waals surface area contributed by atoms with Gasteiger partial charge in [0.05, 0.1) is 16.5 Å². The van der Waals surface area contributed by atoms with Crippen molar-refractivity contribution in [3.63, 3.8) is 0 Å². The van der Waals surface area contributed by atoms with Gasteiger partial charge in [0, 0.05) is 6.20 Å². The Labute approximate surface area is 181 Å². The molecule has 0 radical (unpaired) electrons. The van der Waals surface area contributed by atoms with Crippen molar-refractivity contribution in [2.45, 2.75) is 46.8 Å². The van der Waals surface area contributed by atoms with Crippen LogP contribution in [-0.2, 0) is 9.53 Å². The average Bonchev–Trinajstić information content (AvgIpc) is 3.05. The normalized spacial score (nSPS) is 18.8. The number of carbonyl (C=O) groups is 2. The highest BCUT2D eigenvalue weighted by Crippen LogP contribution is 2.41. The Hall–Kier alpha value is -3.41. The molecule has 0 saturated heterocycles. The molecule has 0 bridgehead atoms. The number of benzene rings is 2. The van der Waals surface area contributed by atoms with Gasteiger partial charge in [0.15, 0.2) is 11.9 Å². The summed E-state index contributed by atoms with van der Waals surface area (Å²) in [5, 5.41) is 0. The van der Waals surface area contributed by atoms with E-state index in [1.807, 2.05) is 67.1 Å². The van der Waals surface area contributed by atoms with Crippen LogP contribution in [0.5, 0.6) is 5.75 Å². The van der Waals surface area contributed by atoms with Crippen LogP contribution in [0.25, 0.3) is 17.2 Å². The number of carbonyl (C=O) groups excluding carboxylic acids is 2. The first-order valence-electron chi connectivity index (χ1n) is 10.3. The minimum Gasteiger partial charge on any atom is -0.478 e. The second kappa shape index (κ2) is 7.69. The highest BCUT2D eigenvalue weighted by molar-refractivity contribution is 6.08. The van der Waals surface area contributed by atoms with Crippen LogP contribution in [0.1, 0.15) is 55.5 Å². The number of hydrogen-bond donors (Lipinski definition) is 0. The summed E-state index contributed by atoms with van der Waals surface area (Å²) in [6, 6.07) is 12.9. The number of Topliss-reactive ketones (excluding diaryl/α,β-unsaturated/α-hetero) is 1. The monoisotopic (exact) mass is 418 g/mol. The number of esters is 1. The van der Waals surface area contributed by atoms with Crippen molar-refractivity contribution in [3.05, 3.63) is 65.5 Å². The van der Waals surface area contributed by atoms with Crippen LogP contribution in [0, 0.1) is 12.3 Å². The molecule has 160 valence electrons. The van der Waals surface area contributed by atoms with Crippen molar-refractivity contribution >= 4 is 29.0 Å². The Morgan fingerprint density at radius 3 is 2.52 bits per heavy atom. The van der Waals surface area contributed by atoms with Gasteiger partial charge >= 0.3 is 5.97 Å². The summed E-state index contributed by atoms with van der Waals surface area (Å²) >= 11 is 0. The van der Waals surface area contributed by atoms with Gasteiger partial charge in [-0.05, 0) is 52.3 Å². The van der Waals surface area contributed by atoms with Crippen molar-refractivity contribution in [3.8, 4) is 5.75 Å². The molecular weight excluding hydrogens is 392 g/mol. The number of ether oxygens (including phenoxy) is 2. The molecule has 4 rings (SSSR count). The van der Waals surface area contributed by atoms with Gasteiger partial charge in [0.2, 0.25) is 11.9 Å². The Morgan fingerprint density at radius 2 is 1.87 bits per heavy atom. The lowest BCUT2D eigenvalue weighted by atomic mass is 9.92. The minimum atomic E-state index is -1.07. The smallest absolute Gasteiger partial charge is 0.312 e. The van der Waals surface area contributed by atoms with Gasteiger partial charge in [-0.1, -0.05) is 36.4 Å². The van der Waals surface area contributed by atoms with E-state index in [9.17, 15) is 9.59 Å². The highest BCUT2D eigenvalue weighted by Gasteiger charge is 2.43. The van der Waals surface area contributed by atoms with E-state index in [2.05, 4.69) is 4.98 Å². The van der Waals surface area contributed by atoms with Gasteiger partial charge in [-0.2, -0.15) is 0 Å². The van der Waals surface area contributed by atoms with Crippen molar-refractivity contribution in [1.29, 1.82) is 0 Å². The molecule has 2 aromatic carbocycles. The topological polar surface area (TPSA) is 70.4 Å². The minimum absolute atomic E-state index is 0.284. The lowest BCUT2D eigenvalue weighted by molar-refractivity contribution is -0.161. The largest absolute Gasteiger partial charge is 0.478 e. The summed E-state index contributed by atoms with van der Waals surface area (Å²) in [5.74, 6) is 0.474. The second-order valence-corrected chi connectivity index (χ2v) is 8.71. The number of ketones is 1. The predicted octanol–water partition coefficient (Wildman–Crippen LogP) is 5.11. The quantitative estimate of drug-likeness (QED) is 0.553. The number of fused-ring (bicyclic) bond motifs is 3. The van der Waals surface area contributed by atoms with Gasteiger partial charge in [0.1, 0.15) is 11.3 Å². The SMILES string of the molecule is CC=Cn1c(C)nc2c3c(ccc21)C(=O)[C@H](OC(=O)C(C)(C)C)[C@@H](c1ccccc1)O3. The fourth-order valence-corrected chi connectivity index (χ4v) is 3.68. The fraction of sp³-hybridized carbons (Fsp3) is 0.320. The van der Waals surface area contributed by atoms with E-state index in [4.69, 9.17) is 9.47 Å². The Balaban J connectivity index is 1.87. The predicted molar refractivity (Wildman–Crippen MR) is 119 cm³/mol. The van der Waals surface area contributed by atoms with Crippen molar-refractivity contribution in [2.75, 3.05) is 0 Å². The number of allylic oxidation sites excluding steroid dienone is 1. The Morgan fingerprint density at radius 1 is 1.16 bits per heavy atom. The Bertz CT molecular complexity index is 1190. The number of imidazole rings is 1. The molecule has 6 heteroatoms. The maximum atomic E-state index is 13.5. The molecule has 0 fully saturated rings. The van der Waals surface area contributed by atoms with Crippen LogP contribution in [0.4, 0.5) is 0 Å². The fourth-order valence-electron chi connectivity index (χ4n) is 3.68. The zero-order chi connectivity index (χ0) is 22.3. The number of hydrogen-bond acceptors (Lipinski definition) is 5. The van der Waals surface area contributed by atoms with E-state index in [-0.39, 0.29) is 5.78 Å². The van der Waals surface area contributed by atoms with Gasteiger partial charge < -0.3 is 14.0 Å². The zero-order valence-electron chi connectivity index (χ0n) is 18.4. The zero-order valence-corrected chi connectivity index (χ0v) is 18.4. The summed E-state index contributed by atoms with van der Waals surface area (Å²) in [4.78, 5) is 30.8. The lowest BCUT2D eigenvalue weighted by Crippen LogP contribution is -2.42. The maximum absolute atomic E-state index is 13.5. The first-order chi connectivity index (χ1) is 14.7. The van der Waals surface area contributed by atoms with E-state index < -0.39 is 23.6 Å². The molecule has 1 aliphatic rings. The standard InChI is InChI=1S/C25H26N2O4/c1-6-14-27-15(2)26-19-18(27)13-12-17-20(28)23(31-24(29)25(3,4)5)21(30-22(17)19)16-10-8-7-9-11-16/h6-14,21,23H,1-5H3/t21-,23+/m1/s1. The third-order valence-corrected chi connectivity index (χ3v) is 5.31. The molecule has 3 aromatic rings. The van der Waals surface area contributed by atoms with Crippen LogP contribution in [0.15, 0.2) is 48.5 Å². The summed E-state index contributed by atoms with van der Waals surface area (Å²) in [6.07, 6.45) is 2.02. The van der Waals surface area contributed by atoms with E-state index >= 15 is 0 Å². The molecule has 0 saturated carbocycles. The van der Waals surface area contributed by atoms with Crippen molar-refractivity contribution in [1.82, 2.24) is 9.55 Å². The van der Waals surface area contributed by atoms with Crippen LogP contribution in [-0.4, -0.2) is 27.4 Å². The first kappa shape index (κ1) is 20.8. The van der Waals surface area contributed by atoms with Gasteiger partial charge in [-0.25, -0.2) is 4.98 Å². The van der Waals surface area contributed by atoms with E-state index in [0.29, 0.717) is 16.8 Å². The Kier molecular flexibility index (Phi) is 5.17. The molecule has 0 unspecified atom stereocenters. The molecule has 0 N–H and O–H groups in total. The lowest BCUT2D eigenvalue weighted by Gasteiger charge is -2.33. The second-order valence-electron chi connectivity index (χ2n) is 8.71. The summed E-state index contributed by atoms with van der Waals surface area (Å²) < 4.78 is 14.0. The molecule has 31 heavy (non-hydrogen) atoms. The number of aryl methyl sites for hydroxylation is 1. The van der Waals surface area contributed by atoms with Gasteiger partial charge in [0.25, 0.3) is 0 Å². The third kappa shape index (κ3) is 3.63. The summed E-state index contributed by atoms with van der Waals surface area (Å²) in [5.41, 5.74) is 1.85. The molecule has 6 nitrogen and oxygen atoms in total. The molecule has 0 aliphatic carbocycles. The molecule has 0 spiro atoms. The maximum Gasteiger partial charge on any atom is 0.312 e. The summed E-state index contributed by atoms with van der Waals surface area (Å²) in [7, 11) is 0. The number of aromatic nitrogens is 2.